The standard InChI is InChI=1S/C22H34N4O3.HI/c1-6-23-22(24-12-8-11-20-16(4)26-29-17(20)5)25-14-21(27)18-9-7-10-19(13-18)28-15(2)3;/h7,9-10,13,15,21,27H,6,8,11-12,14H2,1-5H3,(H2,23,24,25);1H. The van der Waals surface area contributed by atoms with Crippen LogP contribution in [0.2, 0.25) is 0 Å². The fraction of sp³-hybridized carbons (Fsp3) is 0.545. The summed E-state index contributed by atoms with van der Waals surface area (Å²) in [5.74, 6) is 2.33. The molecule has 0 amide bonds. The number of nitrogens with zero attached hydrogens (tertiary/aromatic N) is 2. The molecule has 8 heteroatoms. The van der Waals surface area contributed by atoms with Crippen molar-refractivity contribution >= 4 is 29.9 Å². The van der Waals surface area contributed by atoms with Crippen LogP contribution in [0.25, 0.3) is 0 Å². The second-order valence-electron chi connectivity index (χ2n) is 7.31. The highest BCUT2D eigenvalue weighted by Crippen LogP contribution is 2.20. The van der Waals surface area contributed by atoms with Gasteiger partial charge < -0.3 is 25.0 Å². The van der Waals surface area contributed by atoms with E-state index in [0.29, 0.717) is 5.96 Å². The van der Waals surface area contributed by atoms with Crippen molar-refractivity contribution in [3.8, 4) is 5.75 Å². The lowest BCUT2D eigenvalue weighted by Crippen LogP contribution is -2.38. The van der Waals surface area contributed by atoms with Crippen LogP contribution < -0.4 is 15.4 Å². The summed E-state index contributed by atoms with van der Waals surface area (Å²) >= 11 is 0. The van der Waals surface area contributed by atoms with Gasteiger partial charge in [0.05, 0.1) is 24.4 Å². The summed E-state index contributed by atoms with van der Waals surface area (Å²) in [6.07, 6.45) is 1.24. The van der Waals surface area contributed by atoms with E-state index in [4.69, 9.17) is 9.26 Å². The maximum Gasteiger partial charge on any atom is 0.191 e. The quantitative estimate of drug-likeness (QED) is 0.187. The number of ether oxygens (including phenoxy) is 1. The van der Waals surface area contributed by atoms with E-state index in [2.05, 4.69) is 20.8 Å². The summed E-state index contributed by atoms with van der Waals surface area (Å²) in [5.41, 5.74) is 2.92. The SMILES string of the molecule is CCNC(=NCC(O)c1cccc(OC(C)C)c1)NCCCc1c(C)noc1C.I. The molecule has 168 valence electrons. The van der Waals surface area contributed by atoms with Crippen molar-refractivity contribution in [2.24, 2.45) is 4.99 Å². The van der Waals surface area contributed by atoms with E-state index in [0.717, 1.165) is 48.7 Å². The molecule has 0 bridgehead atoms. The lowest BCUT2D eigenvalue weighted by atomic mass is 10.1. The Hall–Kier alpha value is -1.81. The maximum absolute atomic E-state index is 10.5. The third-order valence-corrected chi connectivity index (χ3v) is 4.46. The Balaban J connectivity index is 0.00000450. The summed E-state index contributed by atoms with van der Waals surface area (Å²) < 4.78 is 10.9. The predicted octanol–water partition coefficient (Wildman–Crippen LogP) is 3.92. The molecule has 1 aromatic carbocycles. The van der Waals surface area contributed by atoms with Crippen molar-refractivity contribution in [3.05, 3.63) is 46.8 Å². The van der Waals surface area contributed by atoms with Gasteiger partial charge in [-0.15, -0.1) is 24.0 Å². The van der Waals surface area contributed by atoms with E-state index in [1.165, 1.54) is 5.56 Å². The van der Waals surface area contributed by atoms with Gasteiger partial charge in [0.1, 0.15) is 11.5 Å². The molecule has 30 heavy (non-hydrogen) atoms. The third kappa shape index (κ3) is 8.51. The van der Waals surface area contributed by atoms with Crippen LogP contribution in [-0.2, 0) is 6.42 Å². The third-order valence-electron chi connectivity index (χ3n) is 4.46. The number of nitrogens with one attached hydrogen (secondary N) is 2. The lowest BCUT2D eigenvalue weighted by molar-refractivity contribution is 0.185. The number of aliphatic imine (C=N–C) groups is 1. The molecule has 0 aliphatic carbocycles. The largest absolute Gasteiger partial charge is 0.491 e. The van der Waals surface area contributed by atoms with Gasteiger partial charge in [0, 0.05) is 18.7 Å². The highest BCUT2D eigenvalue weighted by atomic mass is 127. The van der Waals surface area contributed by atoms with Crippen molar-refractivity contribution in [2.75, 3.05) is 19.6 Å². The van der Waals surface area contributed by atoms with Crippen molar-refractivity contribution in [2.45, 2.75) is 59.7 Å². The molecular weight excluding hydrogens is 495 g/mol. The Labute approximate surface area is 196 Å². The fourth-order valence-corrected chi connectivity index (χ4v) is 3.02. The van der Waals surface area contributed by atoms with Gasteiger partial charge in [-0.3, -0.25) is 4.99 Å². The van der Waals surface area contributed by atoms with Gasteiger partial charge in [-0.05, 0) is 65.2 Å². The Morgan fingerprint density at radius 2 is 2.03 bits per heavy atom. The molecule has 3 N–H and O–H groups in total. The molecule has 0 spiro atoms. The lowest BCUT2D eigenvalue weighted by Gasteiger charge is -2.15. The van der Waals surface area contributed by atoms with E-state index in [9.17, 15) is 5.11 Å². The molecule has 1 unspecified atom stereocenters. The highest BCUT2D eigenvalue weighted by Gasteiger charge is 2.10. The molecule has 0 aliphatic heterocycles. The molecule has 1 aromatic heterocycles. The molecule has 0 saturated heterocycles. The number of benzene rings is 1. The fourth-order valence-electron chi connectivity index (χ4n) is 3.02. The summed E-state index contributed by atoms with van der Waals surface area (Å²) in [7, 11) is 0. The van der Waals surface area contributed by atoms with Crippen LogP contribution in [0.3, 0.4) is 0 Å². The number of hydrogen-bond acceptors (Lipinski definition) is 5. The molecule has 1 atom stereocenters. The average Bonchev–Trinajstić information content (AvgIpc) is 3.00. The van der Waals surface area contributed by atoms with E-state index in [1.54, 1.807) is 0 Å². The van der Waals surface area contributed by atoms with Crippen LogP contribution in [0, 0.1) is 13.8 Å². The Bertz CT molecular complexity index is 773. The molecule has 0 saturated carbocycles. The number of aliphatic hydroxyl groups excluding tert-OH is 1. The number of aliphatic hydroxyl groups is 1. The van der Waals surface area contributed by atoms with E-state index in [1.807, 2.05) is 58.9 Å². The zero-order chi connectivity index (χ0) is 21.2. The Morgan fingerprint density at radius 3 is 2.67 bits per heavy atom. The van der Waals surface area contributed by atoms with Gasteiger partial charge >= 0.3 is 0 Å². The minimum absolute atomic E-state index is 0. The molecule has 0 radical (unpaired) electrons. The first-order valence-corrected chi connectivity index (χ1v) is 10.3. The first-order chi connectivity index (χ1) is 13.9. The minimum atomic E-state index is -0.691. The van der Waals surface area contributed by atoms with Gasteiger partial charge in [-0.1, -0.05) is 17.3 Å². The Morgan fingerprint density at radius 1 is 1.27 bits per heavy atom. The van der Waals surface area contributed by atoms with Crippen LogP contribution in [0.1, 0.15) is 55.9 Å². The van der Waals surface area contributed by atoms with Crippen molar-refractivity contribution in [1.29, 1.82) is 0 Å². The van der Waals surface area contributed by atoms with Crippen molar-refractivity contribution < 1.29 is 14.4 Å². The summed E-state index contributed by atoms with van der Waals surface area (Å²) in [5, 5.41) is 21.0. The summed E-state index contributed by atoms with van der Waals surface area (Å²) in [6.45, 7) is 11.7. The zero-order valence-corrected chi connectivity index (χ0v) is 20.9. The van der Waals surface area contributed by atoms with E-state index < -0.39 is 6.10 Å². The zero-order valence-electron chi connectivity index (χ0n) is 18.6. The monoisotopic (exact) mass is 530 g/mol. The number of guanidine groups is 1. The van der Waals surface area contributed by atoms with Gasteiger partial charge in [-0.2, -0.15) is 0 Å². The number of aromatic nitrogens is 1. The maximum atomic E-state index is 10.5. The number of hydrogen-bond donors (Lipinski definition) is 3. The summed E-state index contributed by atoms with van der Waals surface area (Å²) in [6, 6.07) is 7.53. The van der Waals surface area contributed by atoms with E-state index in [-0.39, 0.29) is 36.6 Å². The van der Waals surface area contributed by atoms with Crippen molar-refractivity contribution in [1.82, 2.24) is 15.8 Å². The van der Waals surface area contributed by atoms with Crippen molar-refractivity contribution in [3.63, 3.8) is 0 Å². The second-order valence-corrected chi connectivity index (χ2v) is 7.31. The van der Waals surface area contributed by atoms with E-state index >= 15 is 0 Å². The first-order valence-electron chi connectivity index (χ1n) is 10.3. The smallest absolute Gasteiger partial charge is 0.191 e. The normalized spacial score (nSPS) is 12.4. The summed E-state index contributed by atoms with van der Waals surface area (Å²) in [4.78, 5) is 4.52. The van der Waals surface area contributed by atoms with Crippen LogP contribution in [-0.4, -0.2) is 42.0 Å². The van der Waals surface area contributed by atoms with Gasteiger partial charge in [0.15, 0.2) is 5.96 Å². The number of rotatable bonds is 10. The molecule has 2 aromatic rings. The predicted molar refractivity (Wildman–Crippen MR) is 131 cm³/mol. The molecule has 0 aliphatic rings. The Kier molecular flexibility index (Phi) is 11.8. The van der Waals surface area contributed by atoms with Crippen LogP contribution in [0.5, 0.6) is 5.75 Å². The van der Waals surface area contributed by atoms with Gasteiger partial charge in [-0.25, -0.2) is 0 Å². The molecule has 2 rings (SSSR count). The molecule has 1 heterocycles. The topological polar surface area (TPSA) is 91.9 Å². The van der Waals surface area contributed by atoms with Gasteiger partial charge in [0.2, 0.25) is 0 Å². The molecule has 7 nitrogen and oxygen atoms in total. The molecule has 0 fully saturated rings. The highest BCUT2D eigenvalue weighted by molar-refractivity contribution is 14.0. The average molecular weight is 530 g/mol. The van der Waals surface area contributed by atoms with Crippen LogP contribution in [0.4, 0.5) is 0 Å². The second kappa shape index (κ2) is 13.5. The first kappa shape index (κ1) is 26.2. The van der Waals surface area contributed by atoms with Crippen LogP contribution in [0.15, 0.2) is 33.8 Å². The minimum Gasteiger partial charge on any atom is -0.491 e. The number of halogens is 1. The molecular formula is C22H35IN4O3. The van der Waals surface area contributed by atoms with Crippen LogP contribution >= 0.6 is 24.0 Å². The van der Waals surface area contributed by atoms with Gasteiger partial charge in [0.25, 0.3) is 0 Å². The number of aryl methyl sites for hydroxylation is 2.